The Kier molecular flexibility index (Phi) is 5.81. The van der Waals surface area contributed by atoms with Crippen LogP contribution in [0.15, 0.2) is 54.9 Å². The van der Waals surface area contributed by atoms with E-state index in [1.807, 2.05) is 24.3 Å². The zero-order chi connectivity index (χ0) is 26.5. The zero-order valence-corrected chi connectivity index (χ0v) is 21.3. The van der Waals surface area contributed by atoms with Crippen molar-refractivity contribution in [2.75, 3.05) is 25.1 Å². The molecule has 3 amide bonds. The molecule has 2 aromatic carbocycles. The highest BCUT2D eigenvalue weighted by Crippen LogP contribution is 2.57. The molecular formula is C28H27ClN4O5. The van der Waals surface area contributed by atoms with Gasteiger partial charge in [-0.05, 0) is 31.0 Å². The van der Waals surface area contributed by atoms with Crippen LogP contribution in [0.3, 0.4) is 0 Å². The number of carbonyl (C=O) groups is 3. The summed E-state index contributed by atoms with van der Waals surface area (Å²) < 4.78 is 11.7. The molecule has 2 saturated heterocycles. The lowest BCUT2D eigenvalue weighted by Gasteiger charge is -2.42. The van der Waals surface area contributed by atoms with Crippen molar-refractivity contribution in [2.24, 2.45) is 11.1 Å². The Morgan fingerprint density at radius 2 is 1.92 bits per heavy atom. The summed E-state index contributed by atoms with van der Waals surface area (Å²) >= 11 is 6.34. The number of nitrogens with two attached hydrogens (primary N) is 1. The van der Waals surface area contributed by atoms with Gasteiger partial charge in [-0.3, -0.25) is 19.4 Å². The molecule has 0 spiro atoms. The highest BCUT2D eigenvalue weighted by Gasteiger charge is 2.65. The average molecular weight is 535 g/mol. The first kappa shape index (κ1) is 24.6. The molecule has 1 unspecified atom stereocenters. The second kappa shape index (κ2) is 8.96. The van der Waals surface area contributed by atoms with Crippen LogP contribution in [0.4, 0.5) is 5.69 Å². The summed E-state index contributed by atoms with van der Waals surface area (Å²) in [6, 6.07) is 12.7. The van der Waals surface area contributed by atoms with Gasteiger partial charge in [-0.15, -0.1) is 0 Å². The summed E-state index contributed by atoms with van der Waals surface area (Å²) in [4.78, 5) is 43.5. The van der Waals surface area contributed by atoms with Gasteiger partial charge in [0.05, 0.1) is 41.5 Å². The van der Waals surface area contributed by atoms with E-state index in [1.54, 1.807) is 30.6 Å². The van der Waals surface area contributed by atoms with Gasteiger partial charge >= 0.3 is 0 Å². The predicted octanol–water partition coefficient (Wildman–Crippen LogP) is 3.09. The number of hydrogen-bond acceptors (Lipinski definition) is 6. The van der Waals surface area contributed by atoms with Crippen LogP contribution in [-0.2, 0) is 24.5 Å². The van der Waals surface area contributed by atoms with Gasteiger partial charge in [-0.1, -0.05) is 35.9 Å². The molecule has 4 N–H and O–H groups in total. The Labute approximate surface area is 224 Å². The molecule has 3 aromatic rings. The number of amides is 3. The number of nitrogens with zero attached hydrogens (tertiary/aromatic N) is 1. The van der Waals surface area contributed by atoms with E-state index < -0.39 is 16.4 Å². The maximum Gasteiger partial charge on any atom is 0.235 e. The third-order valence-electron chi connectivity index (χ3n) is 8.16. The van der Waals surface area contributed by atoms with Crippen molar-refractivity contribution in [3.8, 4) is 5.75 Å². The summed E-state index contributed by atoms with van der Waals surface area (Å²) in [7, 11) is 0. The monoisotopic (exact) mass is 534 g/mol. The van der Waals surface area contributed by atoms with Gasteiger partial charge < -0.3 is 25.8 Å². The molecular weight excluding hydrogens is 508 g/mol. The fourth-order valence-electron chi connectivity index (χ4n) is 6.12. The molecule has 1 aromatic heterocycles. The number of primary amides is 1. The van der Waals surface area contributed by atoms with Gasteiger partial charge in [0.1, 0.15) is 5.75 Å². The third kappa shape index (κ3) is 3.97. The number of halogens is 1. The van der Waals surface area contributed by atoms with Gasteiger partial charge in [-0.2, -0.15) is 0 Å². The quantitative estimate of drug-likeness (QED) is 0.426. The normalized spacial score (nSPS) is 27.1. The Morgan fingerprint density at radius 3 is 2.71 bits per heavy atom. The van der Waals surface area contributed by atoms with Gasteiger partial charge in [0.2, 0.25) is 17.7 Å². The van der Waals surface area contributed by atoms with Crippen LogP contribution in [0, 0.1) is 5.41 Å². The average Bonchev–Trinajstić information content (AvgIpc) is 3.46. The number of nitrogens with one attached hydrogen (secondary N) is 2. The van der Waals surface area contributed by atoms with Crippen LogP contribution in [0.1, 0.15) is 31.2 Å². The molecule has 10 heteroatoms. The van der Waals surface area contributed by atoms with Gasteiger partial charge in [-0.25, -0.2) is 0 Å². The summed E-state index contributed by atoms with van der Waals surface area (Å²) in [5.41, 5.74) is 4.20. The van der Waals surface area contributed by atoms with Gasteiger partial charge in [0.15, 0.2) is 0 Å². The van der Waals surface area contributed by atoms with Crippen molar-refractivity contribution < 1.29 is 23.9 Å². The molecule has 3 fully saturated rings. The van der Waals surface area contributed by atoms with Crippen molar-refractivity contribution in [3.63, 3.8) is 0 Å². The van der Waals surface area contributed by atoms with Crippen molar-refractivity contribution in [1.29, 1.82) is 0 Å². The second-order valence-corrected chi connectivity index (χ2v) is 11.0. The number of hydrogen-bond donors (Lipinski definition) is 3. The fraction of sp³-hybridized carbons (Fsp3) is 0.357. The number of anilines is 1. The number of carbonyl (C=O) groups excluding carboxylic acids is 3. The molecule has 3 aliphatic heterocycles. The van der Waals surface area contributed by atoms with Crippen LogP contribution in [0.25, 0.3) is 10.8 Å². The molecule has 4 aliphatic rings. The minimum Gasteiger partial charge on any atom is -0.493 e. The van der Waals surface area contributed by atoms with E-state index in [4.69, 9.17) is 26.8 Å². The molecule has 1 atom stereocenters. The Bertz CT molecular complexity index is 1470. The van der Waals surface area contributed by atoms with Crippen LogP contribution in [0.2, 0.25) is 5.02 Å². The van der Waals surface area contributed by atoms with Crippen LogP contribution in [-0.4, -0.2) is 48.1 Å². The molecule has 38 heavy (non-hydrogen) atoms. The maximum atomic E-state index is 14.1. The van der Waals surface area contributed by atoms with E-state index in [0.717, 1.165) is 10.8 Å². The third-order valence-corrected chi connectivity index (χ3v) is 8.40. The summed E-state index contributed by atoms with van der Waals surface area (Å²) in [5, 5.41) is 8.14. The molecule has 196 valence electrons. The van der Waals surface area contributed by atoms with E-state index in [2.05, 4.69) is 15.6 Å². The van der Waals surface area contributed by atoms with E-state index >= 15 is 0 Å². The van der Waals surface area contributed by atoms with Crippen LogP contribution >= 0.6 is 11.6 Å². The van der Waals surface area contributed by atoms with Crippen molar-refractivity contribution >= 4 is 45.8 Å². The fourth-order valence-corrected chi connectivity index (χ4v) is 6.30. The van der Waals surface area contributed by atoms with Crippen LogP contribution in [0.5, 0.6) is 5.75 Å². The topological polar surface area (TPSA) is 133 Å². The number of fused-ring (bicyclic) bond motifs is 3. The number of ether oxygens (including phenoxy) is 2. The number of aromatic nitrogens is 1. The molecule has 7 rings (SSSR count). The lowest BCUT2D eigenvalue weighted by Crippen LogP contribution is -2.56. The van der Waals surface area contributed by atoms with E-state index in [0.29, 0.717) is 34.9 Å². The summed E-state index contributed by atoms with van der Waals surface area (Å²) in [6.07, 6.45) is 4.47. The van der Waals surface area contributed by atoms with Gasteiger partial charge in [0.25, 0.3) is 0 Å². The maximum absolute atomic E-state index is 14.1. The predicted molar refractivity (Wildman–Crippen MR) is 141 cm³/mol. The highest BCUT2D eigenvalue weighted by atomic mass is 35.5. The molecule has 0 radical (unpaired) electrons. The van der Waals surface area contributed by atoms with Gasteiger partial charge in [0, 0.05) is 46.9 Å². The van der Waals surface area contributed by atoms with E-state index in [-0.39, 0.29) is 50.3 Å². The van der Waals surface area contributed by atoms with E-state index in [9.17, 15) is 14.4 Å². The number of rotatable bonds is 7. The SMILES string of the molecule is NC(=O)C12COC(CNC(=O)CC3(C(=O)Nc4cncc5ccccc45)CCOc4ccc(Cl)cc43)(C1)C2. The number of benzene rings is 2. The molecule has 9 nitrogen and oxygen atoms in total. The van der Waals surface area contributed by atoms with Crippen molar-refractivity contribution in [3.05, 3.63) is 65.4 Å². The van der Waals surface area contributed by atoms with E-state index in [1.165, 1.54) is 0 Å². The molecule has 4 heterocycles. The first-order valence-electron chi connectivity index (χ1n) is 12.5. The lowest BCUT2D eigenvalue weighted by molar-refractivity contribution is -0.133. The lowest BCUT2D eigenvalue weighted by atomic mass is 9.62. The van der Waals surface area contributed by atoms with Crippen molar-refractivity contribution in [1.82, 2.24) is 10.3 Å². The Hall–Kier alpha value is -3.69. The minimum atomic E-state index is -1.23. The minimum absolute atomic E-state index is 0.120. The molecule has 2 bridgehead atoms. The zero-order valence-electron chi connectivity index (χ0n) is 20.6. The number of pyridine rings is 1. The molecule has 1 aliphatic carbocycles. The van der Waals surface area contributed by atoms with Crippen molar-refractivity contribution in [2.45, 2.75) is 36.7 Å². The largest absolute Gasteiger partial charge is 0.493 e. The Morgan fingerprint density at radius 1 is 1.11 bits per heavy atom. The standard InChI is InChI=1S/C28H27ClN4O5/c29-18-5-6-22-20(9-18)28(7-8-37-22,25(36)33-21-12-31-11-17-3-1-2-4-19(17)21)10-23(34)32-15-27-13-26(14-27,16-38-27)24(30)35/h1-6,9,11-12H,7-8,10,13-16H2,(H2,30,35)(H,32,34)(H,33,36). The highest BCUT2D eigenvalue weighted by molar-refractivity contribution is 6.30. The summed E-state index contributed by atoms with van der Waals surface area (Å²) in [6.45, 7) is 0.773. The molecule has 1 saturated carbocycles. The second-order valence-electron chi connectivity index (χ2n) is 10.6. The summed E-state index contributed by atoms with van der Waals surface area (Å²) in [5.74, 6) is -0.511. The first-order chi connectivity index (χ1) is 18.2. The smallest absolute Gasteiger partial charge is 0.235 e. The Balaban J connectivity index is 1.28. The first-order valence-corrected chi connectivity index (χ1v) is 12.9. The van der Waals surface area contributed by atoms with Crippen LogP contribution < -0.4 is 21.1 Å².